The maximum absolute atomic E-state index is 13.0. The predicted molar refractivity (Wildman–Crippen MR) is 121 cm³/mol. The Morgan fingerprint density at radius 1 is 1.10 bits per heavy atom. The number of thioether (sulfide) groups is 1. The molecule has 1 saturated heterocycles. The monoisotopic (exact) mass is 437 g/mol. The maximum atomic E-state index is 13.0. The molecule has 2 aromatic carbocycles. The van der Waals surface area contributed by atoms with E-state index in [4.69, 9.17) is 17.0 Å². The predicted octanol–water partition coefficient (Wildman–Crippen LogP) is 4.80. The minimum atomic E-state index is -0.438. The lowest BCUT2D eigenvalue weighted by atomic mass is 10.2. The van der Waals surface area contributed by atoms with Crippen LogP contribution in [0.5, 0.6) is 5.75 Å². The van der Waals surface area contributed by atoms with Gasteiger partial charge in [-0.15, -0.1) is 0 Å². The summed E-state index contributed by atoms with van der Waals surface area (Å²) in [5, 5.41) is 11.1. The van der Waals surface area contributed by atoms with Gasteiger partial charge in [0, 0.05) is 24.0 Å². The first kappa shape index (κ1) is 19.9. The molecule has 1 aromatic heterocycles. The van der Waals surface area contributed by atoms with Crippen LogP contribution >= 0.6 is 24.0 Å². The number of nitro benzene ring substituents is 1. The Kier molecular flexibility index (Phi) is 5.39. The summed E-state index contributed by atoms with van der Waals surface area (Å²) in [7, 11) is 1.58. The number of amides is 1. The van der Waals surface area contributed by atoms with E-state index in [1.165, 1.54) is 28.8 Å². The number of ether oxygens (including phenoxy) is 1. The second kappa shape index (κ2) is 8.13. The lowest BCUT2D eigenvalue weighted by Gasteiger charge is -2.14. The van der Waals surface area contributed by atoms with Crippen LogP contribution in [-0.2, 0) is 4.79 Å². The number of non-ortho nitro benzene ring substituents is 1. The second-order valence-electron chi connectivity index (χ2n) is 6.30. The van der Waals surface area contributed by atoms with Gasteiger partial charge < -0.3 is 9.30 Å². The molecule has 7 nitrogen and oxygen atoms in total. The highest BCUT2D eigenvalue weighted by molar-refractivity contribution is 8.27. The maximum Gasteiger partial charge on any atom is 0.271 e. The molecule has 0 aliphatic carbocycles. The number of hydrogen-bond acceptors (Lipinski definition) is 6. The van der Waals surface area contributed by atoms with E-state index in [-0.39, 0.29) is 11.6 Å². The smallest absolute Gasteiger partial charge is 0.271 e. The number of methoxy groups -OCH3 is 1. The van der Waals surface area contributed by atoms with Crippen molar-refractivity contribution >= 4 is 51.7 Å². The Hall–Kier alpha value is -3.43. The Morgan fingerprint density at radius 2 is 1.87 bits per heavy atom. The molecule has 0 N–H and O–H groups in total. The van der Waals surface area contributed by atoms with E-state index in [0.29, 0.717) is 32.0 Å². The molecule has 1 amide bonds. The standard InChI is InChI=1S/C21H15N3O4S2/c1-28-18-9-7-14(8-10-18)23-20(25)19(30-21(23)29)13-16-6-3-11-22(16)15-4-2-5-17(12-15)24(26)27/h2-13H,1H3/b19-13+. The lowest BCUT2D eigenvalue weighted by molar-refractivity contribution is -0.384. The normalized spacial score (nSPS) is 15.1. The average Bonchev–Trinajstić information content (AvgIpc) is 3.32. The molecule has 3 aromatic rings. The van der Waals surface area contributed by atoms with Gasteiger partial charge >= 0.3 is 0 Å². The van der Waals surface area contributed by atoms with Crippen LogP contribution in [0.2, 0.25) is 0 Å². The summed E-state index contributed by atoms with van der Waals surface area (Å²) < 4.78 is 7.38. The van der Waals surface area contributed by atoms with Crippen molar-refractivity contribution in [1.82, 2.24) is 4.57 Å². The summed E-state index contributed by atoms with van der Waals surface area (Å²) in [6.45, 7) is 0. The summed E-state index contributed by atoms with van der Waals surface area (Å²) in [5.74, 6) is 0.469. The molecule has 1 aliphatic heterocycles. The zero-order chi connectivity index (χ0) is 21.3. The third kappa shape index (κ3) is 3.72. The zero-order valence-corrected chi connectivity index (χ0v) is 17.4. The Bertz CT molecular complexity index is 1180. The van der Waals surface area contributed by atoms with Crippen LogP contribution in [0.1, 0.15) is 5.69 Å². The van der Waals surface area contributed by atoms with Crippen LogP contribution < -0.4 is 9.64 Å². The van der Waals surface area contributed by atoms with Gasteiger partial charge in [0.05, 0.1) is 28.3 Å². The average molecular weight is 438 g/mol. The molecule has 1 aliphatic rings. The van der Waals surface area contributed by atoms with Gasteiger partial charge in [0.2, 0.25) is 0 Å². The fourth-order valence-corrected chi connectivity index (χ4v) is 4.34. The third-order valence-electron chi connectivity index (χ3n) is 4.50. The van der Waals surface area contributed by atoms with Crippen molar-refractivity contribution in [2.75, 3.05) is 12.0 Å². The molecule has 1 fully saturated rings. The fraction of sp³-hybridized carbons (Fsp3) is 0.0476. The van der Waals surface area contributed by atoms with E-state index in [1.807, 2.05) is 12.1 Å². The minimum Gasteiger partial charge on any atom is -0.497 e. The van der Waals surface area contributed by atoms with Crippen LogP contribution in [0.3, 0.4) is 0 Å². The van der Waals surface area contributed by atoms with E-state index in [0.717, 1.165) is 0 Å². The van der Waals surface area contributed by atoms with Gasteiger partial charge in [-0.2, -0.15) is 0 Å². The molecular formula is C21H15N3O4S2. The fourth-order valence-electron chi connectivity index (χ4n) is 3.06. The molecule has 9 heteroatoms. The minimum absolute atomic E-state index is 0.00187. The van der Waals surface area contributed by atoms with Crippen molar-refractivity contribution < 1.29 is 14.5 Å². The van der Waals surface area contributed by atoms with Gasteiger partial charge in [0.1, 0.15) is 5.75 Å². The summed E-state index contributed by atoms with van der Waals surface area (Å²) in [5.41, 5.74) is 2.01. The van der Waals surface area contributed by atoms with Crippen LogP contribution in [0.15, 0.2) is 71.8 Å². The summed E-state index contributed by atoms with van der Waals surface area (Å²) >= 11 is 6.63. The highest BCUT2D eigenvalue weighted by Crippen LogP contribution is 2.36. The van der Waals surface area contributed by atoms with Gasteiger partial charge in [0.25, 0.3) is 11.6 Å². The summed E-state index contributed by atoms with van der Waals surface area (Å²) in [4.78, 5) is 25.6. The second-order valence-corrected chi connectivity index (χ2v) is 7.97. The number of nitrogens with zero attached hydrogens (tertiary/aromatic N) is 3. The molecule has 150 valence electrons. The van der Waals surface area contributed by atoms with Gasteiger partial charge in [-0.1, -0.05) is 30.0 Å². The van der Waals surface area contributed by atoms with Gasteiger partial charge in [-0.3, -0.25) is 19.8 Å². The van der Waals surface area contributed by atoms with Crippen LogP contribution in [0.4, 0.5) is 11.4 Å². The molecule has 0 atom stereocenters. The number of aromatic nitrogens is 1. The number of thiocarbonyl (C=S) groups is 1. The molecule has 2 heterocycles. The van der Waals surface area contributed by atoms with E-state index < -0.39 is 4.92 Å². The topological polar surface area (TPSA) is 77.6 Å². The van der Waals surface area contributed by atoms with E-state index in [1.54, 1.807) is 60.3 Å². The highest BCUT2D eigenvalue weighted by Gasteiger charge is 2.33. The molecule has 30 heavy (non-hydrogen) atoms. The molecule has 0 spiro atoms. The number of hydrogen-bond donors (Lipinski definition) is 0. The van der Waals surface area contributed by atoms with E-state index >= 15 is 0 Å². The Balaban J connectivity index is 1.66. The number of carbonyl (C=O) groups excluding carboxylic acids is 1. The first-order chi connectivity index (χ1) is 14.5. The summed E-state index contributed by atoms with van der Waals surface area (Å²) in [6.07, 6.45) is 3.52. The van der Waals surface area contributed by atoms with Crippen molar-refractivity contribution in [3.05, 3.63) is 87.6 Å². The highest BCUT2D eigenvalue weighted by atomic mass is 32.2. The number of carbonyl (C=O) groups is 1. The Morgan fingerprint density at radius 3 is 2.57 bits per heavy atom. The molecule has 0 saturated carbocycles. The van der Waals surface area contributed by atoms with Crippen molar-refractivity contribution in [3.8, 4) is 11.4 Å². The van der Waals surface area contributed by atoms with Crippen LogP contribution in [-0.4, -0.2) is 26.8 Å². The first-order valence-corrected chi connectivity index (χ1v) is 10.0. The van der Waals surface area contributed by atoms with Crippen LogP contribution in [0, 0.1) is 10.1 Å². The number of benzene rings is 2. The summed E-state index contributed by atoms with van der Waals surface area (Å²) in [6, 6.07) is 17.1. The van der Waals surface area contributed by atoms with E-state index in [9.17, 15) is 14.9 Å². The van der Waals surface area contributed by atoms with Gasteiger partial charge in [0.15, 0.2) is 4.32 Å². The van der Waals surface area contributed by atoms with Crippen molar-refractivity contribution in [2.24, 2.45) is 0 Å². The largest absolute Gasteiger partial charge is 0.497 e. The first-order valence-electron chi connectivity index (χ1n) is 8.82. The third-order valence-corrected chi connectivity index (χ3v) is 5.80. The van der Waals surface area contributed by atoms with Crippen molar-refractivity contribution in [3.63, 3.8) is 0 Å². The van der Waals surface area contributed by atoms with E-state index in [2.05, 4.69) is 0 Å². The SMILES string of the molecule is COc1ccc(N2C(=O)/C(=C\c3cccn3-c3cccc([N+](=O)[O-])c3)SC2=S)cc1. The zero-order valence-electron chi connectivity index (χ0n) is 15.7. The molecule has 4 rings (SSSR count). The number of anilines is 1. The van der Waals surface area contributed by atoms with Gasteiger partial charge in [-0.05, 0) is 48.5 Å². The van der Waals surface area contributed by atoms with Gasteiger partial charge in [-0.25, -0.2) is 0 Å². The molecule has 0 bridgehead atoms. The van der Waals surface area contributed by atoms with Crippen LogP contribution in [0.25, 0.3) is 11.8 Å². The number of nitro groups is 1. The molecule has 0 radical (unpaired) electrons. The quantitative estimate of drug-likeness (QED) is 0.247. The Labute approximate surface area is 181 Å². The molecular weight excluding hydrogens is 422 g/mol. The molecule has 0 unspecified atom stereocenters. The van der Waals surface area contributed by atoms with Crippen molar-refractivity contribution in [2.45, 2.75) is 0 Å². The van der Waals surface area contributed by atoms with Crippen molar-refractivity contribution in [1.29, 1.82) is 0 Å². The lowest BCUT2D eigenvalue weighted by Crippen LogP contribution is -2.27. The number of rotatable bonds is 5.